The normalized spacial score (nSPS) is 45.0. The number of hydrogen-bond acceptors (Lipinski definition) is 0. The topological polar surface area (TPSA) is 0 Å². The standard InChI is InChI=1S/C9H18/c1-7-4-5-8(2)9(3)6-7/h7-9H,4-6H2,1-3H3/t7-,8+,9?/m0/s1. The second-order valence-electron chi connectivity index (χ2n) is 3.87. The van der Waals surface area contributed by atoms with E-state index >= 15 is 0 Å². The Balaban J connectivity index is 2.35. The molecule has 9 heavy (non-hydrogen) atoms. The van der Waals surface area contributed by atoms with E-state index in [4.69, 9.17) is 0 Å². The predicted molar refractivity (Wildman–Crippen MR) is 41.3 cm³/mol. The van der Waals surface area contributed by atoms with Gasteiger partial charge in [0.15, 0.2) is 0 Å². The second kappa shape index (κ2) is 2.72. The number of rotatable bonds is 0. The van der Waals surface area contributed by atoms with Gasteiger partial charge in [-0.1, -0.05) is 33.6 Å². The lowest BCUT2D eigenvalue weighted by atomic mass is 9.77. The molecule has 0 aromatic carbocycles. The summed E-state index contributed by atoms with van der Waals surface area (Å²) in [5.41, 5.74) is 0. The van der Waals surface area contributed by atoms with Crippen molar-refractivity contribution in [3.05, 3.63) is 0 Å². The molecule has 1 fully saturated rings. The summed E-state index contributed by atoms with van der Waals surface area (Å²) in [5.74, 6) is 2.96. The number of hydrogen-bond donors (Lipinski definition) is 0. The summed E-state index contributed by atoms with van der Waals surface area (Å²) in [5, 5.41) is 0. The highest BCUT2D eigenvalue weighted by atomic mass is 14.3. The molecule has 0 bridgehead atoms. The Labute approximate surface area is 58.7 Å². The Morgan fingerprint density at radius 1 is 0.889 bits per heavy atom. The quantitative estimate of drug-likeness (QED) is 0.468. The highest BCUT2D eigenvalue weighted by Gasteiger charge is 2.20. The summed E-state index contributed by atoms with van der Waals surface area (Å²) >= 11 is 0. The van der Waals surface area contributed by atoms with E-state index in [0.717, 1.165) is 17.8 Å². The minimum Gasteiger partial charge on any atom is -0.0625 e. The zero-order valence-corrected chi connectivity index (χ0v) is 6.85. The first-order chi connectivity index (χ1) is 4.20. The van der Waals surface area contributed by atoms with Gasteiger partial charge in [0, 0.05) is 0 Å². The van der Waals surface area contributed by atoms with Gasteiger partial charge in [0.05, 0.1) is 0 Å². The van der Waals surface area contributed by atoms with E-state index in [-0.39, 0.29) is 0 Å². The first-order valence-corrected chi connectivity index (χ1v) is 4.20. The monoisotopic (exact) mass is 126 g/mol. The van der Waals surface area contributed by atoms with E-state index in [0.29, 0.717) is 0 Å². The average molecular weight is 126 g/mol. The SMILES string of the molecule is CC1C[C@@H](C)CC[C@H]1C. The van der Waals surface area contributed by atoms with E-state index < -0.39 is 0 Å². The summed E-state index contributed by atoms with van der Waals surface area (Å²) in [6.45, 7) is 7.15. The van der Waals surface area contributed by atoms with E-state index in [1.807, 2.05) is 0 Å². The molecule has 1 saturated carbocycles. The summed E-state index contributed by atoms with van der Waals surface area (Å²) in [6, 6.07) is 0. The summed E-state index contributed by atoms with van der Waals surface area (Å²) in [6.07, 6.45) is 4.38. The van der Waals surface area contributed by atoms with Crippen LogP contribution in [0.4, 0.5) is 0 Å². The van der Waals surface area contributed by atoms with Gasteiger partial charge in [-0.2, -0.15) is 0 Å². The molecule has 0 aromatic rings. The van der Waals surface area contributed by atoms with Crippen LogP contribution in [-0.2, 0) is 0 Å². The largest absolute Gasteiger partial charge is 0.0625 e. The molecule has 0 saturated heterocycles. The molecular formula is C9H18. The van der Waals surface area contributed by atoms with Gasteiger partial charge in [-0.25, -0.2) is 0 Å². The maximum atomic E-state index is 2.39. The molecule has 1 rings (SSSR count). The van der Waals surface area contributed by atoms with Crippen molar-refractivity contribution < 1.29 is 0 Å². The zero-order valence-electron chi connectivity index (χ0n) is 6.85. The Bertz CT molecular complexity index is 86.0. The second-order valence-corrected chi connectivity index (χ2v) is 3.87. The van der Waals surface area contributed by atoms with Crippen molar-refractivity contribution in [2.75, 3.05) is 0 Å². The smallest absolute Gasteiger partial charge is 0.0414 e. The van der Waals surface area contributed by atoms with Crippen LogP contribution in [0, 0.1) is 17.8 Å². The molecule has 1 aliphatic carbocycles. The lowest BCUT2D eigenvalue weighted by Gasteiger charge is -2.29. The van der Waals surface area contributed by atoms with Crippen LogP contribution in [0.2, 0.25) is 0 Å². The molecule has 0 amide bonds. The first-order valence-electron chi connectivity index (χ1n) is 4.20. The van der Waals surface area contributed by atoms with Crippen molar-refractivity contribution in [3.63, 3.8) is 0 Å². The van der Waals surface area contributed by atoms with Gasteiger partial charge in [0.1, 0.15) is 0 Å². The zero-order chi connectivity index (χ0) is 6.85. The van der Waals surface area contributed by atoms with Crippen LogP contribution in [0.3, 0.4) is 0 Å². The van der Waals surface area contributed by atoms with E-state index in [1.54, 1.807) is 0 Å². The molecule has 54 valence electrons. The molecule has 0 heteroatoms. The molecule has 0 spiro atoms. The van der Waals surface area contributed by atoms with Gasteiger partial charge in [0.25, 0.3) is 0 Å². The maximum Gasteiger partial charge on any atom is -0.0414 e. The van der Waals surface area contributed by atoms with Crippen molar-refractivity contribution in [3.8, 4) is 0 Å². The molecule has 1 unspecified atom stereocenters. The van der Waals surface area contributed by atoms with Crippen molar-refractivity contribution >= 4 is 0 Å². The van der Waals surface area contributed by atoms with Crippen LogP contribution in [0.1, 0.15) is 40.0 Å². The molecule has 0 aliphatic heterocycles. The molecule has 0 radical (unpaired) electrons. The Morgan fingerprint density at radius 2 is 1.56 bits per heavy atom. The van der Waals surface area contributed by atoms with Crippen LogP contribution in [0.5, 0.6) is 0 Å². The fourth-order valence-corrected chi connectivity index (χ4v) is 1.82. The predicted octanol–water partition coefficient (Wildman–Crippen LogP) is 3.08. The lowest BCUT2D eigenvalue weighted by Crippen LogP contribution is -2.18. The van der Waals surface area contributed by atoms with Crippen LogP contribution >= 0.6 is 0 Å². The van der Waals surface area contributed by atoms with Crippen LogP contribution in [0.25, 0.3) is 0 Å². The molecule has 3 atom stereocenters. The maximum absolute atomic E-state index is 2.39. The summed E-state index contributed by atoms with van der Waals surface area (Å²) in [4.78, 5) is 0. The highest BCUT2D eigenvalue weighted by Crippen LogP contribution is 2.32. The Kier molecular flexibility index (Phi) is 2.15. The molecular weight excluding hydrogens is 108 g/mol. The van der Waals surface area contributed by atoms with Gasteiger partial charge in [-0.3, -0.25) is 0 Å². The molecule has 0 nitrogen and oxygen atoms in total. The fourth-order valence-electron chi connectivity index (χ4n) is 1.82. The third-order valence-electron chi connectivity index (χ3n) is 2.86. The van der Waals surface area contributed by atoms with Crippen LogP contribution in [-0.4, -0.2) is 0 Å². The van der Waals surface area contributed by atoms with E-state index in [9.17, 15) is 0 Å². The van der Waals surface area contributed by atoms with Crippen molar-refractivity contribution in [1.29, 1.82) is 0 Å². The van der Waals surface area contributed by atoms with Gasteiger partial charge in [-0.15, -0.1) is 0 Å². The van der Waals surface area contributed by atoms with E-state index in [1.165, 1.54) is 19.3 Å². The van der Waals surface area contributed by atoms with Gasteiger partial charge >= 0.3 is 0 Å². The highest BCUT2D eigenvalue weighted by molar-refractivity contribution is 4.72. The van der Waals surface area contributed by atoms with Crippen molar-refractivity contribution in [2.24, 2.45) is 17.8 Å². The Hall–Kier alpha value is 0. The first kappa shape index (κ1) is 7.11. The Morgan fingerprint density at radius 3 is 2.00 bits per heavy atom. The average Bonchev–Trinajstić information content (AvgIpc) is 1.80. The third kappa shape index (κ3) is 1.70. The molecule has 0 N–H and O–H groups in total. The third-order valence-corrected chi connectivity index (χ3v) is 2.86. The van der Waals surface area contributed by atoms with Gasteiger partial charge < -0.3 is 0 Å². The minimum atomic E-state index is 0.980. The summed E-state index contributed by atoms with van der Waals surface area (Å²) in [7, 11) is 0. The van der Waals surface area contributed by atoms with Crippen LogP contribution < -0.4 is 0 Å². The minimum absolute atomic E-state index is 0.980. The lowest BCUT2D eigenvalue weighted by molar-refractivity contribution is 0.220. The van der Waals surface area contributed by atoms with Crippen LogP contribution in [0.15, 0.2) is 0 Å². The molecule has 0 aromatic heterocycles. The van der Waals surface area contributed by atoms with Gasteiger partial charge in [-0.05, 0) is 24.2 Å². The van der Waals surface area contributed by atoms with E-state index in [2.05, 4.69) is 20.8 Å². The van der Waals surface area contributed by atoms with Gasteiger partial charge in [0.2, 0.25) is 0 Å². The summed E-state index contributed by atoms with van der Waals surface area (Å²) < 4.78 is 0. The van der Waals surface area contributed by atoms with Crippen molar-refractivity contribution in [2.45, 2.75) is 40.0 Å². The molecule has 1 aliphatic rings. The molecule has 0 heterocycles. The van der Waals surface area contributed by atoms with Crippen molar-refractivity contribution in [1.82, 2.24) is 0 Å². The fraction of sp³-hybridized carbons (Fsp3) is 1.00.